The van der Waals surface area contributed by atoms with Crippen LogP contribution < -0.4 is 10.2 Å². The van der Waals surface area contributed by atoms with Crippen LogP contribution in [0.4, 0.5) is 5.82 Å². The van der Waals surface area contributed by atoms with Crippen LogP contribution in [0.2, 0.25) is 0 Å². The van der Waals surface area contributed by atoms with Crippen LogP contribution >= 0.6 is 0 Å². The Bertz CT molecular complexity index is 529. The van der Waals surface area contributed by atoms with Crippen LogP contribution in [0, 0.1) is 6.92 Å². The molecule has 8 nitrogen and oxygen atoms in total. The van der Waals surface area contributed by atoms with E-state index >= 15 is 0 Å². The summed E-state index contributed by atoms with van der Waals surface area (Å²) in [5.41, 5.74) is 0.344. The SMILES string of the molecule is COCCNC(=O)c1cc(N2CCN(C=O)CC2)nc(C)n1. The molecule has 0 spiro atoms. The zero-order valence-corrected chi connectivity index (χ0v) is 12.9. The quantitative estimate of drug-likeness (QED) is 0.560. The second-order valence-corrected chi connectivity index (χ2v) is 5.04. The van der Waals surface area contributed by atoms with Gasteiger partial charge in [-0.25, -0.2) is 9.97 Å². The number of carbonyl (C=O) groups is 2. The summed E-state index contributed by atoms with van der Waals surface area (Å²) < 4.78 is 4.90. The normalized spacial score (nSPS) is 14.8. The topological polar surface area (TPSA) is 87.7 Å². The van der Waals surface area contributed by atoms with E-state index in [0.717, 1.165) is 12.2 Å². The minimum atomic E-state index is -0.240. The fourth-order valence-corrected chi connectivity index (χ4v) is 2.24. The number of nitrogens with one attached hydrogen (secondary N) is 1. The summed E-state index contributed by atoms with van der Waals surface area (Å²) in [4.78, 5) is 35.2. The van der Waals surface area contributed by atoms with Crippen molar-refractivity contribution in [3.8, 4) is 0 Å². The number of aromatic nitrogens is 2. The molecule has 0 aliphatic carbocycles. The van der Waals surface area contributed by atoms with E-state index in [1.165, 1.54) is 0 Å². The molecule has 0 atom stereocenters. The van der Waals surface area contributed by atoms with Crippen molar-refractivity contribution in [2.24, 2.45) is 0 Å². The summed E-state index contributed by atoms with van der Waals surface area (Å²) in [6.07, 6.45) is 0.858. The predicted octanol–water partition coefficient (Wildman–Crippen LogP) is -0.560. The van der Waals surface area contributed by atoms with E-state index in [1.54, 1.807) is 25.0 Å². The minimum absolute atomic E-state index is 0.240. The molecule has 0 bridgehead atoms. The lowest BCUT2D eigenvalue weighted by Crippen LogP contribution is -2.46. The lowest BCUT2D eigenvalue weighted by molar-refractivity contribution is -0.118. The second-order valence-electron chi connectivity index (χ2n) is 5.04. The van der Waals surface area contributed by atoms with Gasteiger partial charge in [-0.2, -0.15) is 0 Å². The first-order chi connectivity index (χ1) is 10.6. The largest absolute Gasteiger partial charge is 0.383 e. The Balaban J connectivity index is 2.06. The van der Waals surface area contributed by atoms with Crippen molar-refractivity contribution in [1.82, 2.24) is 20.2 Å². The molecular weight excluding hydrogens is 286 g/mol. The maximum Gasteiger partial charge on any atom is 0.270 e. The Hall–Kier alpha value is -2.22. The molecule has 0 saturated carbocycles. The van der Waals surface area contributed by atoms with Crippen molar-refractivity contribution in [2.45, 2.75) is 6.92 Å². The predicted molar refractivity (Wildman–Crippen MR) is 80.8 cm³/mol. The first-order valence-electron chi connectivity index (χ1n) is 7.21. The fourth-order valence-electron chi connectivity index (χ4n) is 2.24. The maximum atomic E-state index is 12.1. The van der Waals surface area contributed by atoms with Gasteiger partial charge in [-0.05, 0) is 6.92 Å². The Kier molecular flexibility index (Phi) is 5.65. The van der Waals surface area contributed by atoms with Gasteiger partial charge in [0.15, 0.2) is 0 Å². The number of nitrogens with zero attached hydrogens (tertiary/aromatic N) is 4. The fraction of sp³-hybridized carbons (Fsp3) is 0.571. The number of ether oxygens (including phenoxy) is 1. The molecule has 0 radical (unpaired) electrons. The Morgan fingerprint density at radius 2 is 2.09 bits per heavy atom. The van der Waals surface area contributed by atoms with Crippen LogP contribution in [0.1, 0.15) is 16.3 Å². The van der Waals surface area contributed by atoms with Crippen molar-refractivity contribution >= 4 is 18.1 Å². The first-order valence-corrected chi connectivity index (χ1v) is 7.21. The van der Waals surface area contributed by atoms with Crippen molar-refractivity contribution in [2.75, 3.05) is 51.3 Å². The Morgan fingerprint density at radius 1 is 1.36 bits per heavy atom. The zero-order chi connectivity index (χ0) is 15.9. The summed E-state index contributed by atoms with van der Waals surface area (Å²) in [7, 11) is 1.58. The highest BCUT2D eigenvalue weighted by Crippen LogP contribution is 2.15. The summed E-state index contributed by atoms with van der Waals surface area (Å²) in [5, 5.41) is 2.75. The van der Waals surface area contributed by atoms with Gasteiger partial charge in [-0.3, -0.25) is 9.59 Å². The van der Waals surface area contributed by atoms with Gasteiger partial charge in [-0.1, -0.05) is 0 Å². The van der Waals surface area contributed by atoms with Gasteiger partial charge in [-0.15, -0.1) is 0 Å². The number of piperazine rings is 1. The molecule has 1 N–H and O–H groups in total. The van der Waals surface area contributed by atoms with Gasteiger partial charge in [0, 0.05) is 45.9 Å². The smallest absolute Gasteiger partial charge is 0.270 e. The summed E-state index contributed by atoms with van der Waals surface area (Å²) >= 11 is 0. The minimum Gasteiger partial charge on any atom is -0.383 e. The number of hydrogen-bond acceptors (Lipinski definition) is 6. The van der Waals surface area contributed by atoms with E-state index in [1.807, 2.05) is 0 Å². The van der Waals surface area contributed by atoms with Gasteiger partial charge in [0.1, 0.15) is 17.3 Å². The van der Waals surface area contributed by atoms with E-state index in [0.29, 0.717) is 50.8 Å². The van der Waals surface area contributed by atoms with Gasteiger partial charge >= 0.3 is 0 Å². The summed E-state index contributed by atoms with van der Waals surface area (Å²) in [6, 6.07) is 1.69. The van der Waals surface area contributed by atoms with E-state index in [-0.39, 0.29) is 5.91 Å². The van der Waals surface area contributed by atoms with Gasteiger partial charge in [0.2, 0.25) is 6.41 Å². The molecule has 1 fully saturated rings. The third-order valence-corrected chi connectivity index (χ3v) is 3.44. The molecular formula is C14H21N5O3. The average molecular weight is 307 g/mol. The van der Waals surface area contributed by atoms with Crippen molar-refractivity contribution in [3.05, 3.63) is 17.6 Å². The number of anilines is 1. The van der Waals surface area contributed by atoms with Crippen LogP contribution in [0.5, 0.6) is 0 Å². The lowest BCUT2D eigenvalue weighted by atomic mass is 10.3. The Labute approximate surface area is 129 Å². The molecule has 22 heavy (non-hydrogen) atoms. The molecule has 1 aromatic rings. The van der Waals surface area contributed by atoms with Crippen molar-refractivity contribution in [1.29, 1.82) is 0 Å². The van der Waals surface area contributed by atoms with Crippen molar-refractivity contribution < 1.29 is 14.3 Å². The molecule has 1 aromatic heterocycles. The van der Waals surface area contributed by atoms with Crippen LogP contribution in [0.3, 0.4) is 0 Å². The molecule has 0 aromatic carbocycles. The van der Waals surface area contributed by atoms with E-state index in [9.17, 15) is 9.59 Å². The zero-order valence-electron chi connectivity index (χ0n) is 12.9. The average Bonchev–Trinajstić information content (AvgIpc) is 2.54. The van der Waals surface area contributed by atoms with Gasteiger partial charge in [0.05, 0.1) is 6.61 Å². The maximum absolute atomic E-state index is 12.1. The van der Waals surface area contributed by atoms with Crippen LogP contribution in [0.15, 0.2) is 6.07 Å². The lowest BCUT2D eigenvalue weighted by Gasteiger charge is -2.33. The number of rotatable bonds is 6. The molecule has 2 rings (SSSR count). The van der Waals surface area contributed by atoms with Gasteiger partial charge < -0.3 is 19.9 Å². The highest BCUT2D eigenvalue weighted by molar-refractivity contribution is 5.92. The summed E-state index contributed by atoms with van der Waals surface area (Å²) in [5.74, 6) is 1.03. The third kappa shape index (κ3) is 4.14. The molecule has 8 heteroatoms. The van der Waals surface area contributed by atoms with E-state index in [4.69, 9.17) is 4.74 Å². The van der Waals surface area contributed by atoms with Crippen LogP contribution in [-0.4, -0.2) is 73.6 Å². The standard InChI is InChI=1S/C14H21N5O3/c1-11-16-12(14(21)15-3-8-22-2)9-13(17-11)19-6-4-18(10-20)5-7-19/h9-10H,3-8H2,1-2H3,(H,15,21). The molecule has 2 amide bonds. The third-order valence-electron chi connectivity index (χ3n) is 3.44. The molecule has 1 saturated heterocycles. The molecule has 120 valence electrons. The van der Waals surface area contributed by atoms with E-state index < -0.39 is 0 Å². The van der Waals surface area contributed by atoms with Crippen LogP contribution in [0.25, 0.3) is 0 Å². The number of amides is 2. The Morgan fingerprint density at radius 3 is 2.73 bits per heavy atom. The summed E-state index contributed by atoms with van der Waals surface area (Å²) in [6.45, 7) is 5.35. The second kappa shape index (κ2) is 7.69. The van der Waals surface area contributed by atoms with E-state index in [2.05, 4.69) is 20.2 Å². The number of aryl methyl sites for hydroxylation is 1. The molecule has 1 aliphatic heterocycles. The highest BCUT2D eigenvalue weighted by atomic mass is 16.5. The molecule has 0 unspecified atom stereocenters. The van der Waals surface area contributed by atoms with Gasteiger partial charge in [0.25, 0.3) is 5.91 Å². The number of carbonyl (C=O) groups excluding carboxylic acids is 2. The van der Waals surface area contributed by atoms with Crippen LogP contribution in [-0.2, 0) is 9.53 Å². The number of methoxy groups -OCH3 is 1. The highest BCUT2D eigenvalue weighted by Gasteiger charge is 2.19. The van der Waals surface area contributed by atoms with Crippen molar-refractivity contribution in [3.63, 3.8) is 0 Å². The first kappa shape index (κ1) is 16.2. The monoisotopic (exact) mass is 307 g/mol. The number of hydrogen-bond donors (Lipinski definition) is 1. The molecule has 2 heterocycles. The molecule has 1 aliphatic rings.